The average molecular weight is 441 g/mol. The summed E-state index contributed by atoms with van der Waals surface area (Å²) in [5.74, 6) is 0.499. The Bertz CT molecular complexity index is 707. The van der Waals surface area contributed by atoms with Gasteiger partial charge in [-0.3, -0.25) is 9.59 Å². The number of likely N-dealkylation sites (N-methyl/N-ethyl adjacent to an activating group) is 1. The third-order valence-corrected chi connectivity index (χ3v) is 5.88. The van der Waals surface area contributed by atoms with Crippen LogP contribution in [0.15, 0.2) is 46.3 Å². The maximum absolute atomic E-state index is 12.8. The quantitative estimate of drug-likeness (QED) is 0.673. The first-order chi connectivity index (χ1) is 12.0. The summed E-state index contributed by atoms with van der Waals surface area (Å²) in [4.78, 5) is 28.2. The van der Waals surface area contributed by atoms with E-state index >= 15 is 0 Å². The Labute approximate surface area is 165 Å². The van der Waals surface area contributed by atoms with Gasteiger partial charge in [0.1, 0.15) is 6.04 Å². The van der Waals surface area contributed by atoms with Crippen molar-refractivity contribution in [2.75, 3.05) is 19.1 Å². The molecule has 0 aliphatic rings. The molecular weight excluding hydrogens is 420 g/mol. The lowest BCUT2D eigenvalue weighted by Crippen LogP contribution is -2.47. The minimum atomic E-state index is -0.531. The molecule has 1 atom stereocenters. The molecule has 0 radical (unpaired) electrons. The molecule has 7 heteroatoms. The molecule has 1 aromatic heterocycles. The molecule has 0 saturated carbocycles. The van der Waals surface area contributed by atoms with Gasteiger partial charge in [-0.05, 0) is 57.9 Å². The highest BCUT2D eigenvalue weighted by Crippen LogP contribution is 2.17. The van der Waals surface area contributed by atoms with Crippen LogP contribution in [0.3, 0.4) is 0 Å². The minimum Gasteiger partial charge on any atom is -0.340 e. The molecule has 0 aliphatic heterocycles. The third kappa shape index (κ3) is 5.87. The maximum atomic E-state index is 12.8. The van der Waals surface area contributed by atoms with Crippen molar-refractivity contribution in [3.05, 3.63) is 56.7 Å². The number of thioether (sulfide) groups is 1. The van der Waals surface area contributed by atoms with Gasteiger partial charge in [0.05, 0.1) is 12.1 Å². The largest absolute Gasteiger partial charge is 0.340 e. The Morgan fingerprint density at radius 1 is 1.28 bits per heavy atom. The zero-order chi connectivity index (χ0) is 18.2. The topological polar surface area (TPSA) is 49.4 Å². The fraction of sp³-hybridized carbons (Fsp3) is 0.333. The van der Waals surface area contributed by atoms with Crippen molar-refractivity contribution in [3.63, 3.8) is 0 Å². The summed E-state index contributed by atoms with van der Waals surface area (Å²) in [5.41, 5.74) is 0.533. The second-order valence-corrected chi connectivity index (χ2v) is 8.43. The van der Waals surface area contributed by atoms with Crippen molar-refractivity contribution < 1.29 is 9.59 Å². The molecule has 1 N–H and O–H groups in total. The van der Waals surface area contributed by atoms with Gasteiger partial charge in [-0.15, -0.1) is 11.3 Å². The van der Waals surface area contributed by atoms with E-state index in [0.717, 1.165) is 15.1 Å². The lowest BCUT2D eigenvalue weighted by atomic mass is 10.1. The first-order valence-corrected chi connectivity index (χ1v) is 10.9. The molecule has 0 spiro atoms. The van der Waals surface area contributed by atoms with E-state index in [2.05, 4.69) is 21.2 Å². The van der Waals surface area contributed by atoms with E-state index in [4.69, 9.17) is 0 Å². The van der Waals surface area contributed by atoms with Gasteiger partial charge in [-0.2, -0.15) is 11.8 Å². The fourth-order valence-corrected chi connectivity index (χ4v) is 4.05. The molecule has 0 bridgehead atoms. The van der Waals surface area contributed by atoms with Crippen LogP contribution in [-0.2, 0) is 11.3 Å². The van der Waals surface area contributed by atoms with Gasteiger partial charge in [-0.1, -0.05) is 18.2 Å². The smallest absolute Gasteiger partial charge is 0.253 e. The van der Waals surface area contributed by atoms with Crippen LogP contribution < -0.4 is 5.32 Å². The molecule has 1 heterocycles. The van der Waals surface area contributed by atoms with Gasteiger partial charge in [0.15, 0.2) is 0 Å². The van der Waals surface area contributed by atoms with E-state index in [1.54, 1.807) is 47.2 Å². The van der Waals surface area contributed by atoms with Crippen LogP contribution in [0.25, 0.3) is 0 Å². The highest BCUT2D eigenvalue weighted by atomic mass is 79.9. The number of halogens is 1. The van der Waals surface area contributed by atoms with Gasteiger partial charge >= 0.3 is 0 Å². The summed E-state index contributed by atoms with van der Waals surface area (Å²) >= 11 is 6.67. The first kappa shape index (κ1) is 20.0. The summed E-state index contributed by atoms with van der Waals surface area (Å²) in [6.45, 7) is 0.553. The highest BCUT2D eigenvalue weighted by molar-refractivity contribution is 9.10. The van der Waals surface area contributed by atoms with Gasteiger partial charge < -0.3 is 10.2 Å². The summed E-state index contributed by atoms with van der Waals surface area (Å²) in [6, 6.07) is 10.7. The number of thiophene rings is 1. The van der Waals surface area contributed by atoms with E-state index in [0.29, 0.717) is 18.5 Å². The van der Waals surface area contributed by atoms with Crippen molar-refractivity contribution >= 4 is 50.8 Å². The number of carbonyl (C=O) groups is 2. The van der Waals surface area contributed by atoms with E-state index in [1.165, 1.54) is 0 Å². The van der Waals surface area contributed by atoms with Crippen LogP contribution in [-0.4, -0.2) is 41.8 Å². The Hall–Kier alpha value is -1.31. The number of hydrogen-bond acceptors (Lipinski definition) is 4. The average Bonchev–Trinajstić information content (AvgIpc) is 3.11. The molecule has 1 aromatic carbocycles. The van der Waals surface area contributed by atoms with Crippen molar-refractivity contribution in [3.8, 4) is 0 Å². The summed E-state index contributed by atoms with van der Waals surface area (Å²) in [6.07, 6.45) is 2.59. The molecule has 134 valence electrons. The number of carbonyl (C=O) groups excluding carboxylic acids is 2. The third-order valence-electron chi connectivity index (χ3n) is 3.68. The molecule has 25 heavy (non-hydrogen) atoms. The van der Waals surface area contributed by atoms with Crippen LogP contribution >= 0.6 is 39.0 Å². The van der Waals surface area contributed by atoms with Crippen LogP contribution in [0.5, 0.6) is 0 Å². The van der Waals surface area contributed by atoms with E-state index < -0.39 is 6.04 Å². The summed E-state index contributed by atoms with van der Waals surface area (Å²) in [5, 5.41) is 4.89. The number of benzene rings is 1. The SMILES string of the molecule is CSCCC(NC(=O)c1ccccc1Br)C(=O)N(C)Cc1cccs1. The molecule has 0 saturated heterocycles. The highest BCUT2D eigenvalue weighted by Gasteiger charge is 2.25. The summed E-state index contributed by atoms with van der Waals surface area (Å²) in [7, 11) is 1.78. The Balaban J connectivity index is 2.07. The van der Waals surface area contributed by atoms with Gasteiger partial charge in [0.25, 0.3) is 5.91 Å². The number of hydrogen-bond donors (Lipinski definition) is 1. The van der Waals surface area contributed by atoms with E-state index in [1.807, 2.05) is 35.9 Å². The van der Waals surface area contributed by atoms with Gasteiger partial charge in [0, 0.05) is 16.4 Å². The fourth-order valence-electron chi connectivity index (χ4n) is 2.35. The zero-order valence-electron chi connectivity index (χ0n) is 14.2. The minimum absolute atomic E-state index is 0.0668. The summed E-state index contributed by atoms with van der Waals surface area (Å²) < 4.78 is 0.718. The predicted molar refractivity (Wildman–Crippen MR) is 109 cm³/mol. The van der Waals surface area contributed by atoms with Crippen LogP contribution in [0, 0.1) is 0 Å². The monoisotopic (exact) mass is 440 g/mol. The number of nitrogens with zero attached hydrogens (tertiary/aromatic N) is 1. The Kier molecular flexibility index (Phi) is 7.99. The Morgan fingerprint density at radius 2 is 2.04 bits per heavy atom. The van der Waals surface area contributed by atoms with Crippen LogP contribution in [0.1, 0.15) is 21.7 Å². The number of amides is 2. The molecule has 2 rings (SSSR count). The number of nitrogens with one attached hydrogen (secondary N) is 1. The molecule has 1 unspecified atom stereocenters. The molecule has 0 aliphatic carbocycles. The molecule has 0 fully saturated rings. The standard InChI is InChI=1S/C18H21BrN2O2S2/c1-21(12-13-6-5-10-25-13)18(23)16(9-11-24-2)20-17(22)14-7-3-4-8-15(14)19/h3-8,10,16H,9,11-12H2,1-2H3,(H,20,22). The predicted octanol–water partition coefficient (Wildman–Crippen LogP) is 4.02. The van der Waals surface area contributed by atoms with Crippen molar-refractivity contribution in [2.24, 2.45) is 0 Å². The molecular formula is C18H21BrN2O2S2. The second kappa shape index (κ2) is 9.99. The van der Waals surface area contributed by atoms with Gasteiger partial charge in [-0.25, -0.2) is 0 Å². The molecule has 4 nitrogen and oxygen atoms in total. The second-order valence-electron chi connectivity index (χ2n) is 5.56. The number of rotatable bonds is 8. The Morgan fingerprint density at radius 3 is 2.68 bits per heavy atom. The van der Waals surface area contributed by atoms with E-state index in [-0.39, 0.29) is 11.8 Å². The van der Waals surface area contributed by atoms with Crippen LogP contribution in [0.2, 0.25) is 0 Å². The van der Waals surface area contributed by atoms with Crippen molar-refractivity contribution in [1.29, 1.82) is 0 Å². The zero-order valence-corrected chi connectivity index (χ0v) is 17.4. The lowest BCUT2D eigenvalue weighted by molar-refractivity contribution is -0.132. The normalized spacial score (nSPS) is 11.8. The maximum Gasteiger partial charge on any atom is 0.253 e. The van der Waals surface area contributed by atoms with Crippen molar-refractivity contribution in [2.45, 2.75) is 19.0 Å². The first-order valence-electron chi connectivity index (χ1n) is 7.84. The van der Waals surface area contributed by atoms with Crippen molar-refractivity contribution in [1.82, 2.24) is 10.2 Å². The van der Waals surface area contributed by atoms with Crippen LogP contribution in [0.4, 0.5) is 0 Å². The lowest BCUT2D eigenvalue weighted by Gasteiger charge is -2.24. The van der Waals surface area contributed by atoms with Gasteiger partial charge in [0.2, 0.25) is 5.91 Å². The van der Waals surface area contributed by atoms with E-state index in [9.17, 15) is 9.59 Å². The molecule has 2 amide bonds. The molecule has 2 aromatic rings.